The number of aromatic nitrogens is 2. The molecule has 1 aliphatic carbocycles. The zero-order valence-electron chi connectivity index (χ0n) is 9.99. The highest BCUT2D eigenvalue weighted by Crippen LogP contribution is 2.40. The molecular formula is C12H17BrN2O2. The van der Waals surface area contributed by atoms with E-state index in [0.29, 0.717) is 6.54 Å². The molecule has 1 saturated carbocycles. The van der Waals surface area contributed by atoms with Crippen LogP contribution in [0.1, 0.15) is 25.7 Å². The number of nitrogens with zero attached hydrogens (tertiary/aromatic N) is 2. The zero-order chi connectivity index (χ0) is 12.5. The van der Waals surface area contributed by atoms with Gasteiger partial charge in [0.1, 0.15) is 0 Å². The number of aryl methyl sites for hydroxylation is 1. The molecule has 94 valence electrons. The van der Waals surface area contributed by atoms with Gasteiger partial charge in [0, 0.05) is 31.3 Å². The van der Waals surface area contributed by atoms with E-state index in [9.17, 15) is 9.59 Å². The number of halogens is 1. The topological polar surface area (TPSA) is 44.0 Å². The minimum atomic E-state index is -0.449. The predicted molar refractivity (Wildman–Crippen MR) is 70.6 cm³/mol. The highest BCUT2D eigenvalue weighted by molar-refractivity contribution is 9.09. The Morgan fingerprint density at radius 2 is 1.88 bits per heavy atom. The zero-order valence-corrected chi connectivity index (χ0v) is 11.6. The molecule has 2 rings (SSSR count). The van der Waals surface area contributed by atoms with Crippen molar-refractivity contribution in [1.82, 2.24) is 9.13 Å². The van der Waals surface area contributed by atoms with Crippen molar-refractivity contribution in [3.63, 3.8) is 0 Å². The van der Waals surface area contributed by atoms with Gasteiger partial charge in [0.05, 0.1) is 0 Å². The van der Waals surface area contributed by atoms with Crippen LogP contribution in [0.4, 0.5) is 0 Å². The standard InChI is InChI=1S/C12H17BrN2O2/c1-14-6-7-15(11(17)10(14)16)9-12(8-13)4-2-3-5-12/h6-7H,2-5,8-9H2,1H3. The lowest BCUT2D eigenvalue weighted by Gasteiger charge is -2.27. The summed E-state index contributed by atoms with van der Waals surface area (Å²) in [6, 6.07) is 0. The molecule has 1 aliphatic rings. The second-order valence-corrected chi connectivity index (χ2v) is 5.55. The molecule has 0 N–H and O–H groups in total. The summed E-state index contributed by atoms with van der Waals surface area (Å²) in [6.45, 7) is 0.646. The lowest BCUT2D eigenvalue weighted by atomic mass is 9.89. The third kappa shape index (κ3) is 2.39. The van der Waals surface area contributed by atoms with Crippen LogP contribution in [0.5, 0.6) is 0 Å². The number of alkyl halides is 1. The Morgan fingerprint density at radius 3 is 2.47 bits per heavy atom. The van der Waals surface area contributed by atoms with Crippen LogP contribution in [-0.4, -0.2) is 14.5 Å². The molecule has 0 unspecified atom stereocenters. The average molecular weight is 301 g/mol. The number of hydrogen-bond donors (Lipinski definition) is 0. The quantitative estimate of drug-likeness (QED) is 0.627. The van der Waals surface area contributed by atoms with Gasteiger partial charge in [0.15, 0.2) is 0 Å². The Hall–Kier alpha value is -0.840. The van der Waals surface area contributed by atoms with Gasteiger partial charge in [-0.1, -0.05) is 28.8 Å². The highest BCUT2D eigenvalue weighted by atomic mass is 79.9. The molecule has 1 fully saturated rings. The monoisotopic (exact) mass is 300 g/mol. The van der Waals surface area contributed by atoms with Crippen LogP contribution in [0, 0.1) is 5.41 Å². The van der Waals surface area contributed by atoms with Crippen molar-refractivity contribution >= 4 is 15.9 Å². The Balaban J connectivity index is 2.33. The van der Waals surface area contributed by atoms with Crippen molar-refractivity contribution in [3.8, 4) is 0 Å². The van der Waals surface area contributed by atoms with Crippen LogP contribution < -0.4 is 11.1 Å². The Labute approximate surface area is 108 Å². The van der Waals surface area contributed by atoms with Crippen molar-refractivity contribution < 1.29 is 0 Å². The summed E-state index contributed by atoms with van der Waals surface area (Å²) in [7, 11) is 1.60. The molecule has 0 saturated heterocycles. The van der Waals surface area contributed by atoms with Crippen LogP contribution in [0.15, 0.2) is 22.0 Å². The van der Waals surface area contributed by atoms with Gasteiger partial charge in [0.2, 0.25) is 0 Å². The second kappa shape index (κ2) is 4.80. The molecule has 0 radical (unpaired) electrons. The van der Waals surface area contributed by atoms with Gasteiger partial charge in [-0.3, -0.25) is 9.59 Å². The van der Waals surface area contributed by atoms with Crippen LogP contribution in [0.2, 0.25) is 0 Å². The molecule has 0 atom stereocenters. The molecule has 0 spiro atoms. The molecule has 0 bridgehead atoms. The van der Waals surface area contributed by atoms with Gasteiger partial charge in [-0.05, 0) is 18.3 Å². The summed E-state index contributed by atoms with van der Waals surface area (Å²) in [5.41, 5.74) is -0.714. The van der Waals surface area contributed by atoms with Crippen molar-refractivity contribution in [3.05, 3.63) is 33.1 Å². The van der Waals surface area contributed by atoms with Crippen LogP contribution in [-0.2, 0) is 13.6 Å². The van der Waals surface area contributed by atoms with E-state index in [2.05, 4.69) is 15.9 Å². The first-order valence-electron chi connectivity index (χ1n) is 5.90. The van der Waals surface area contributed by atoms with E-state index in [-0.39, 0.29) is 5.41 Å². The van der Waals surface area contributed by atoms with Gasteiger partial charge in [-0.15, -0.1) is 0 Å². The fourth-order valence-corrected chi connectivity index (χ4v) is 3.27. The first-order valence-corrected chi connectivity index (χ1v) is 7.02. The van der Waals surface area contributed by atoms with Gasteiger partial charge >= 0.3 is 11.1 Å². The maximum absolute atomic E-state index is 11.8. The number of hydrogen-bond acceptors (Lipinski definition) is 2. The summed E-state index contributed by atoms with van der Waals surface area (Å²) in [5, 5.41) is 0.891. The van der Waals surface area contributed by atoms with Crippen molar-refractivity contribution in [2.75, 3.05) is 5.33 Å². The minimum Gasteiger partial charge on any atom is -0.312 e. The van der Waals surface area contributed by atoms with E-state index >= 15 is 0 Å². The summed E-state index contributed by atoms with van der Waals surface area (Å²) < 4.78 is 2.89. The van der Waals surface area contributed by atoms with Crippen molar-refractivity contribution in [2.45, 2.75) is 32.2 Å². The third-order valence-electron chi connectivity index (χ3n) is 3.69. The molecule has 1 heterocycles. The average Bonchev–Trinajstić information content (AvgIpc) is 2.79. The largest absolute Gasteiger partial charge is 0.316 e. The second-order valence-electron chi connectivity index (χ2n) is 4.99. The summed E-state index contributed by atoms with van der Waals surface area (Å²) in [6.07, 6.45) is 8.04. The fourth-order valence-electron chi connectivity index (χ4n) is 2.53. The van der Waals surface area contributed by atoms with Crippen molar-refractivity contribution in [1.29, 1.82) is 0 Å². The van der Waals surface area contributed by atoms with E-state index in [1.165, 1.54) is 17.4 Å². The smallest absolute Gasteiger partial charge is 0.312 e. The Bertz CT molecular complexity index is 512. The number of rotatable bonds is 3. The highest BCUT2D eigenvalue weighted by Gasteiger charge is 2.33. The van der Waals surface area contributed by atoms with Crippen molar-refractivity contribution in [2.24, 2.45) is 12.5 Å². The molecule has 17 heavy (non-hydrogen) atoms. The summed E-state index contributed by atoms with van der Waals surface area (Å²) in [5.74, 6) is 0. The molecule has 1 aromatic rings. The first kappa shape index (κ1) is 12.6. The lowest BCUT2D eigenvalue weighted by Crippen LogP contribution is -2.42. The van der Waals surface area contributed by atoms with Crippen LogP contribution >= 0.6 is 15.9 Å². The molecule has 5 heteroatoms. The summed E-state index contributed by atoms with van der Waals surface area (Å²) >= 11 is 3.55. The third-order valence-corrected chi connectivity index (χ3v) is 4.88. The Morgan fingerprint density at radius 1 is 1.24 bits per heavy atom. The predicted octanol–water partition coefficient (Wildman–Crippen LogP) is 1.50. The lowest BCUT2D eigenvalue weighted by molar-refractivity contribution is 0.286. The van der Waals surface area contributed by atoms with E-state index < -0.39 is 11.1 Å². The maximum Gasteiger partial charge on any atom is 0.316 e. The van der Waals surface area contributed by atoms with E-state index in [1.54, 1.807) is 24.0 Å². The normalized spacial score (nSPS) is 18.5. The molecule has 0 aromatic carbocycles. The minimum absolute atomic E-state index is 0.149. The van der Waals surface area contributed by atoms with Gasteiger partial charge < -0.3 is 9.13 Å². The van der Waals surface area contributed by atoms with Crippen LogP contribution in [0.3, 0.4) is 0 Å². The first-order chi connectivity index (χ1) is 8.08. The van der Waals surface area contributed by atoms with E-state index in [1.807, 2.05) is 0 Å². The van der Waals surface area contributed by atoms with Gasteiger partial charge in [-0.25, -0.2) is 0 Å². The molecule has 1 aromatic heterocycles. The maximum atomic E-state index is 11.8. The fraction of sp³-hybridized carbons (Fsp3) is 0.667. The molecule has 0 aliphatic heterocycles. The molecular weight excluding hydrogens is 284 g/mol. The molecule has 4 nitrogen and oxygen atoms in total. The van der Waals surface area contributed by atoms with E-state index in [0.717, 1.165) is 18.2 Å². The van der Waals surface area contributed by atoms with Gasteiger partial charge in [-0.2, -0.15) is 0 Å². The molecule has 0 amide bonds. The van der Waals surface area contributed by atoms with Gasteiger partial charge in [0.25, 0.3) is 0 Å². The SMILES string of the molecule is Cn1ccn(CC2(CBr)CCCC2)c(=O)c1=O. The summed E-state index contributed by atoms with van der Waals surface area (Å²) in [4.78, 5) is 23.4. The van der Waals surface area contributed by atoms with E-state index in [4.69, 9.17) is 0 Å². The Kier molecular flexibility index (Phi) is 3.56. The van der Waals surface area contributed by atoms with Crippen LogP contribution in [0.25, 0.3) is 0 Å².